The topological polar surface area (TPSA) is 94.5 Å². The van der Waals surface area contributed by atoms with Gasteiger partial charge < -0.3 is 10.2 Å². The molecular formula is C15H15N5O2. The Morgan fingerprint density at radius 2 is 2.32 bits per heavy atom. The van der Waals surface area contributed by atoms with Gasteiger partial charge in [0.2, 0.25) is 0 Å². The molecule has 1 amide bonds. The van der Waals surface area contributed by atoms with E-state index >= 15 is 0 Å². The monoisotopic (exact) mass is 297 g/mol. The fraction of sp³-hybridized carbons (Fsp3) is 0.133. The van der Waals surface area contributed by atoms with Crippen LogP contribution in [0.25, 0.3) is 5.65 Å². The molecule has 0 spiro atoms. The molecule has 3 aromatic rings. The molecule has 7 nitrogen and oxygen atoms in total. The van der Waals surface area contributed by atoms with Crippen molar-refractivity contribution in [2.45, 2.75) is 13.3 Å². The zero-order valence-corrected chi connectivity index (χ0v) is 12.0. The number of rotatable bonds is 4. The minimum atomic E-state index is -0.319. The number of carbonyl (C=O) groups is 1. The van der Waals surface area contributed by atoms with E-state index < -0.39 is 0 Å². The van der Waals surface area contributed by atoms with Gasteiger partial charge in [-0.05, 0) is 30.2 Å². The van der Waals surface area contributed by atoms with Crippen molar-refractivity contribution in [1.82, 2.24) is 14.6 Å². The number of benzene rings is 1. The smallest absolute Gasteiger partial charge is 0.261 e. The summed E-state index contributed by atoms with van der Waals surface area (Å²) in [6.07, 6.45) is 5.65. The lowest BCUT2D eigenvalue weighted by molar-refractivity contribution is 0.102. The average molecular weight is 297 g/mol. The third-order valence-corrected chi connectivity index (χ3v) is 3.35. The van der Waals surface area contributed by atoms with Crippen molar-refractivity contribution >= 4 is 17.2 Å². The third-order valence-electron chi connectivity index (χ3n) is 3.35. The average Bonchev–Trinajstić information content (AvgIpc) is 2.99. The quantitative estimate of drug-likeness (QED) is 0.716. The maximum atomic E-state index is 12.5. The molecule has 0 unspecified atom stereocenters. The standard InChI is InChI=1S/C15H15N5O2/c1-2-10-4-5-13(22-16)12(8-10)19-15(21)11-9-18-20-7-3-6-17-14(11)20/h3-9H,2,16H2,1H3,(H,19,21). The largest absolute Gasteiger partial charge is 0.409 e. The minimum Gasteiger partial charge on any atom is -0.409 e. The molecule has 112 valence electrons. The summed E-state index contributed by atoms with van der Waals surface area (Å²) < 4.78 is 1.54. The Bertz CT molecular complexity index is 828. The van der Waals surface area contributed by atoms with Gasteiger partial charge in [0.15, 0.2) is 11.4 Å². The number of anilines is 1. The summed E-state index contributed by atoms with van der Waals surface area (Å²) in [6, 6.07) is 7.20. The van der Waals surface area contributed by atoms with Crippen molar-refractivity contribution in [1.29, 1.82) is 0 Å². The van der Waals surface area contributed by atoms with E-state index in [1.54, 1.807) is 24.5 Å². The highest BCUT2D eigenvalue weighted by molar-refractivity contribution is 6.08. The van der Waals surface area contributed by atoms with Gasteiger partial charge in [-0.3, -0.25) is 4.79 Å². The molecule has 3 N–H and O–H groups in total. The van der Waals surface area contributed by atoms with Gasteiger partial charge in [-0.25, -0.2) is 9.50 Å². The van der Waals surface area contributed by atoms with Crippen LogP contribution >= 0.6 is 0 Å². The fourth-order valence-corrected chi connectivity index (χ4v) is 2.17. The van der Waals surface area contributed by atoms with Gasteiger partial charge in [-0.1, -0.05) is 13.0 Å². The number of fused-ring (bicyclic) bond motifs is 1. The van der Waals surface area contributed by atoms with Crippen molar-refractivity contribution in [2.24, 2.45) is 5.90 Å². The zero-order valence-electron chi connectivity index (χ0n) is 12.0. The van der Waals surface area contributed by atoms with Crippen LogP contribution in [0.2, 0.25) is 0 Å². The minimum absolute atomic E-state index is 0.319. The molecule has 0 aliphatic heterocycles. The van der Waals surface area contributed by atoms with Gasteiger partial charge in [0, 0.05) is 12.4 Å². The second kappa shape index (κ2) is 5.82. The Kier molecular flexibility index (Phi) is 3.71. The molecule has 0 saturated heterocycles. The summed E-state index contributed by atoms with van der Waals surface area (Å²) in [5.41, 5.74) is 2.45. The second-order valence-electron chi connectivity index (χ2n) is 4.70. The van der Waals surface area contributed by atoms with Crippen molar-refractivity contribution < 1.29 is 9.63 Å². The normalized spacial score (nSPS) is 10.6. The van der Waals surface area contributed by atoms with Gasteiger partial charge in [0.05, 0.1) is 11.9 Å². The third kappa shape index (κ3) is 2.49. The predicted molar refractivity (Wildman–Crippen MR) is 81.6 cm³/mol. The van der Waals surface area contributed by atoms with Crippen LogP contribution in [-0.4, -0.2) is 20.5 Å². The highest BCUT2D eigenvalue weighted by atomic mass is 16.6. The number of hydrogen-bond acceptors (Lipinski definition) is 5. The summed E-state index contributed by atoms with van der Waals surface area (Å²) >= 11 is 0. The summed E-state index contributed by atoms with van der Waals surface area (Å²) in [7, 11) is 0. The number of nitrogens with two attached hydrogens (primary N) is 1. The van der Waals surface area contributed by atoms with Crippen LogP contribution in [0.4, 0.5) is 5.69 Å². The number of aryl methyl sites for hydroxylation is 1. The Morgan fingerprint density at radius 1 is 1.45 bits per heavy atom. The molecule has 3 rings (SSSR count). The van der Waals surface area contributed by atoms with E-state index in [4.69, 9.17) is 10.7 Å². The number of carbonyl (C=O) groups excluding carboxylic acids is 1. The first-order valence-corrected chi connectivity index (χ1v) is 6.82. The van der Waals surface area contributed by atoms with Crippen LogP contribution in [0.3, 0.4) is 0 Å². The van der Waals surface area contributed by atoms with Gasteiger partial charge in [-0.2, -0.15) is 11.0 Å². The number of nitrogens with zero attached hydrogens (tertiary/aromatic N) is 3. The molecule has 0 bridgehead atoms. The second-order valence-corrected chi connectivity index (χ2v) is 4.70. The number of hydrogen-bond donors (Lipinski definition) is 2. The molecule has 7 heteroatoms. The molecule has 0 atom stereocenters. The van der Waals surface area contributed by atoms with E-state index in [2.05, 4.69) is 15.4 Å². The Labute approximate surface area is 126 Å². The predicted octanol–water partition coefficient (Wildman–Crippen LogP) is 1.80. The van der Waals surface area contributed by atoms with E-state index in [1.165, 1.54) is 10.7 Å². The first-order valence-electron chi connectivity index (χ1n) is 6.82. The van der Waals surface area contributed by atoms with Crippen molar-refractivity contribution in [3.8, 4) is 5.75 Å². The van der Waals surface area contributed by atoms with Crippen molar-refractivity contribution in [3.05, 3.63) is 54.0 Å². The van der Waals surface area contributed by atoms with Gasteiger partial charge in [-0.15, -0.1) is 0 Å². The molecule has 2 heterocycles. The summed E-state index contributed by atoms with van der Waals surface area (Å²) in [6.45, 7) is 2.03. The molecule has 1 aromatic carbocycles. The van der Waals surface area contributed by atoms with E-state index in [1.807, 2.05) is 19.1 Å². The lowest BCUT2D eigenvalue weighted by Crippen LogP contribution is -2.14. The van der Waals surface area contributed by atoms with Crippen LogP contribution in [0.1, 0.15) is 22.8 Å². The highest BCUT2D eigenvalue weighted by Gasteiger charge is 2.16. The summed E-state index contributed by atoms with van der Waals surface area (Å²) in [5, 5.41) is 6.89. The maximum absolute atomic E-state index is 12.5. The molecule has 0 aliphatic carbocycles. The SMILES string of the molecule is CCc1ccc(ON)c(NC(=O)c2cnn3cccnc23)c1. The number of aromatic nitrogens is 3. The van der Waals surface area contributed by atoms with E-state index in [-0.39, 0.29) is 5.91 Å². The zero-order chi connectivity index (χ0) is 15.5. The fourth-order valence-electron chi connectivity index (χ4n) is 2.17. The van der Waals surface area contributed by atoms with E-state index in [0.29, 0.717) is 22.6 Å². The number of amides is 1. The van der Waals surface area contributed by atoms with E-state index in [0.717, 1.165) is 12.0 Å². The molecule has 0 fully saturated rings. The first kappa shape index (κ1) is 14.0. The lowest BCUT2D eigenvalue weighted by Gasteiger charge is -2.10. The molecule has 2 aromatic heterocycles. The van der Waals surface area contributed by atoms with Crippen LogP contribution in [0.15, 0.2) is 42.9 Å². The Hall–Kier alpha value is -2.93. The van der Waals surface area contributed by atoms with Crippen LogP contribution in [0.5, 0.6) is 5.75 Å². The summed E-state index contributed by atoms with van der Waals surface area (Å²) in [5.74, 6) is 5.33. The van der Waals surface area contributed by atoms with E-state index in [9.17, 15) is 4.79 Å². The number of nitrogens with one attached hydrogen (secondary N) is 1. The first-order chi connectivity index (χ1) is 10.7. The Morgan fingerprint density at radius 3 is 3.09 bits per heavy atom. The van der Waals surface area contributed by atoms with Crippen LogP contribution in [-0.2, 0) is 6.42 Å². The molecule has 0 radical (unpaired) electrons. The summed E-state index contributed by atoms with van der Waals surface area (Å²) in [4.78, 5) is 21.4. The van der Waals surface area contributed by atoms with Crippen molar-refractivity contribution in [3.63, 3.8) is 0 Å². The Balaban J connectivity index is 1.94. The molecule has 0 saturated carbocycles. The van der Waals surface area contributed by atoms with Crippen LogP contribution < -0.4 is 16.1 Å². The van der Waals surface area contributed by atoms with Crippen LogP contribution in [0, 0.1) is 0 Å². The maximum Gasteiger partial charge on any atom is 0.261 e. The van der Waals surface area contributed by atoms with Gasteiger partial charge >= 0.3 is 0 Å². The van der Waals surface area contributed by atoms with Crippen molar-refractivity contribution in [2.75, 3.05) is 5.32 Å². The molecule has 0 aliphatic rings. The van der Waals surface area contributed by atoms with Gasteiger partial charge in [0.1, 0.15) is 5.56 Å². The molecular weight excluding hydrogens is 282 g/mol. The molecule has 22 heavy (non-hydrogen) atoms. The highest BCUT2D eigenvalue weighted by Crippen LogP contribution is 2.26. The lowest BCUT2D eigenvalue weighted by atomic mass is 10.1. The van der Waals surface area contributed by atoms with Gasteiger partial charge in [0.25, 0.3) is 5.91 Å².